The van der Waals surface area contributed by atoms with E-state index in [9.17, 15) is 4.79 Å². The lowest BCUT2D eigenvalue weighted by Crippen LogP contribution is -2.34. The SMILES string of the molecule is CCCCCc1cn(C(C)(C)C)c(=O)n1Cc1ccc(-c2cccnc2-c2nn[nH]n2)cc1. The van der Waals surface area contributed by atoms with Crippen molar-refractivity contribution in [1.29, 1.82) is 0 Å². The van der Waals surface area contributed by atoms with Crippen molar-refractivity contribution in [1.82, 2.24) is 34.7 Å². The molecule has 1 aromatic carbocycles. The van der Waals surface area contributed by atoms with Crippen LogP contribution in [0.4, 0.5) is 0 Å². The topological polar surface area (TPSA) is 94.3 Å². The fourth-order valence-corrected chi connectivity index (χ4v) is 3.98. The highest BCUT2D eigenvalue weighted by atomic mass is 16.1. The Balaban J connectivity index is 1.63. The summed E-state index contributed by atoms with van der Waals surface area (Å²) in [6.45, 7) is 8.95. The third-order valence-electron chi connectivity index (χ3n) is 5.79. The molecule has 8 heteroatoms. The highest BCUT2D eigenvalue weighted by Crippen LogP contribution is 2.28. The van der Waals surface area contributed by atoms with Crippen LogP contribution >= 0.6 is 0 Å². The molecule has 0 radical (unpaired) electrons. The number of unbranched alkanes of at least 4 members (excludes halogenated alkanes) is 2. The van der Waals surface area contributed by atoms with Crippen LogP contribution in [0.2, 0.25) is 0 Å². The van der Waals surface area contributed by atoms with E-state index in [0.29, 0.717) is 18.1 Å². The summed E-state index contributed by atoms with van der Waals surface area (Å²) in [5.41, 5.74) is 4.59. The van der Waals surface area contributed by atoms with Gasteiger partial charge < -0.3 is 0 Å². The number of pyridine rings is 1. The van der Waals surface area contributed by atoms with Crippen LogP contribution < -0.4 is 5.69 Å². The number of nitrogens with one attached hydrogen (secondary N) is 1. The summed E-state index contributed by atoms with van der Waals surface area (Å²) in [4.78, 5) is 17.7. The molecule has 0 aliphatic rings. The maximum atomic E-state index is 13.2. The molecule has 33 heavy (non-hydrogen) atoms. The molecule has 0 spiro atoms. The van der Waals surface area contributed by atoms with Gasteiger partial charge in [-0.05, 0) is 56.0 Å². The minimum absolute atomic E-state index is 0.0460. The highest BCUT2D eigenvalue weighted by molar-refractivity contribution is 5.77. The molecule has 3 aromatic heterocycles. The van der Waals surface area contributed by atoms with Crippen molar-refractivity contribution in [3.8, 4) is 22.6 Å². The van der Waals surface area contributed by atoms with Crippen LogP contribution in [0.1, 0.15) is 58.2 Å². The van der Waals surface area contributed by atoms with E-state index >= 15 is 0 Å². The summed E-state index contributed by atoms with van der Waals surface area (Å²) in [6, 6.07) is 12.1. The number of rotatable bonds is 8. The second kappa shape index (κ2) is 9.52. The molecule has 4 rings (SSSR count). The molecule has 0 aliphatic carbocycles. The van der Waals surface area contributed by atoms with Gasteiger partial charge in [0.05, 0.1) is 6.54 Å². The van der Waals surface area contributed by atoms with Gasteiger partial charge >= 0.3 is 5.69 Å². The number of tetrazole rings is 1. The van der Waals surface area contributed by atoms with Crippen molar-refractivity contribution >= 4 is 0 Å². The second-order valence-corrected chi connectivity index (χ2v) is 9.32. The van der Waals surface area contributed by atoms with Crippen LogP contribution in [0.25, 0.3) is 22.6 Å². The summed E-state index contributed by atoms with van der Waals surface area (Å²) >= 11 is 0. The number of H-pyrrole nitrogens is 1. The first kappa shape index (κ1) is 22.6. The highest BCUT2D eigenvalue weighted by Gasteiger charge is 2.20. The number of hydrogen-bond acceptors (Lipinski definition) is 5. The predicted molar refractivity (Wildman–Crippen MR) is 129 cm³/mol. The summed E-state index contributed by atoms with van der Waals surface area (Å²) in [6.07, 6.45) is 8.08. The van der Waals surface area contributed by atoms with Gasteiger partial charge in [-0.15, -0.1) is 10.2 Å². The predicted octanol–water partition coefficient (Wildman–Crippen LogP) is 4.43. The van der Waals surface area contributed by atoms with E-state index in [1.54, 1.807) is 6.20 Å². The molecule has 4 aromatic rings. The lowest BCUT2D eigenvalue weighted by atomic mass is 10.0. The minimum atomic E-state index is -0.252. The van der Waals surface area contributed by atoms with Crippen LogP contribution in [0.15, 0.2) is 53.6 Å². The average Bonchev–Trinajstić information content (AvgIpc) is 3.44. The molecule has 0 saturated heterocycles. The van der Waals surface area contributed by atoms with Crippen molar-refractivity contribution < 1.29 is 0 Å². The van der Waals surface area contributed by atoms with Crippen LogP contribution in [0, 0.1) is 0 Å². The van der Waals surface area contributed by atoms with Gasteiger partial charge in [-0.2, -0.15) is 5.21 Å². The van der Waals surface area contributed by atoms with Crippen LogP contribution in [0.5, 0.6) is 0 Å². The Hall–Kier alpha value is -3.55. The van der Waals surface area contributed by atoms with Gasteiger partial charge in [-0.3, -0.25) is 14.1 Å². The number of nitrogens with zero attached hydrogens (tertiary/aromatic N) is 6. The fourth-order valence-electron chi connectivity index (χ4n) is 3.98. The summed E-state index contributed by atoms with van der Waals surface area (Å²) in [7, 11) is 0. The largest absolute Gasteiger partial charge is 0.329 e. The minimum Gasteiger partial charge on any atom is -0.294 e. The van der Waals surface area contributed by atoms with Gasteiger partial charge in [0.25, 0.3) is 0 Å². The molecular formula is C25H31N7O. The van der Waals surface area contributed by atoms with E-state index < -0.39 is 0 Å². The van der Waals surface area contributed by atoms with E-state index in [2.05, 4.69) is 77.6 Å². The Morgan fingerprint density at radius 3 is 2.52 bits per heavy atom. The molecule has 0 amide bonds. The van der Waals surface area contributed by atoms with Crippen molar-refractivity contribution in [2.75, 3.05) is 0 Å². The number of benzene rings is 1. The molecule has 8 nitrogen and oxygen atoms in total. The zero-order valence-electron chi connectivity index (χ0n) is 19.7. The molecule has 0 fully saturated rings. The summed E-state index contributed by atoms with van der Waals surface area (Å²) in [5, 5.41) is 14.3. The normalized spacial score (nSPS) is 11.8. The van der Waals surface area contributed by atoms with E-state index in [-0.39, 0.29) is 11.2 Å². The van der Waals surface area contributed by atoms with Gasteiger partial charge in [-0.1, -0.05) is 50.1 Å². The first-order valence-electron chi connectivity index (χ1n) is 11.5. The van der Waals surface area contributed by atoms with Gasteiger partial charge in [0.2, 0.25) is 5.82 Å². The van der Waals surface area contributed by atoms with E-state index in [1.807, 2.05) is 27.5 Å². The first-order valence-corrected chi connectivity index (χ1v) is 11.5. The molecule has 0 aliphatic heterocycles. The number of aromatic nitrogens is 7. The van der Waals surface area contributed by atoms with Crippen molar-refractivity contribution in [3.63, 3.8) is 0 Å². The number of hydrogen-bond donors (Lipinski definition) is 1. The molecule has 0 saturated carbocycles. The van der Waals surface area contributed by atoms with Crippen molar-refractivity contribution in [3.05, 3.63) is 70.5 Å². The molecule has 0 unspecified atom stereocenters. The second-order valence-electron chi connectivity index (χ2n) is 9.32. The molecular weight excluding hydrogens is 414 g/mol. The smallest absolute Gasteiger partial charge is 0.294 e. The van der Waals surface area contributed by atoms with E-state index in [4.69, 9.17) is 0 Å². The number of imidazole rings is 1. The quantitative estimate of drug-likeness (QED) is 0.405. The molecule has 172 valence electrons. The first-order chi connectivity index (χ1) is 15.9. The van der Waals surface area contributed by atoms with Crippen LogP contribution in [-0.4, -0.2) is 34.7 Å². The Morgan fingerprint density at radius 1 is 1.06 bits per heavy atom. The van der Waals surface area contributed by atoms with Crippen molar-refractivity contribution in [2.24, 2.45) is 0 Å². The van der Waals surface area contributed by atoms with Crippen LogP contribution in [-0.2, 0) is 18.5 Å². The Labute approximate surface area is 193 Å². The fraction of sp³-hybridized carbons (Fsp3) is 0.400. The third-order valence-corrected chi connectivity index (χ3v) is 5.79. The summed E-state index contributed by atoms with van der Waals surface area (Å²) < 4.78 is 3.78. The van der Waals surface area contributed by atoms with Gasteiger partial charge in [0, 0.05) is 29.2 Å². The monoisotopic (exact) mass is 445 g/mol. The Bertz CT molecular complexity index is 1250. The molecule has 0 bridgehead atoms. The summed E-state index contributed by atoms with van der Waals surface area (Å²) in [5.74, 6) is 0.460. The number of aryl methyl sites for hydroxylation is 1. The number of aromatic amines is 1. The van der Waals surface area contributed by atoms with Crippen LogP contribution in [0.3, 0.4) is 0 Å². The van der Waals surface area contributed by atoms with Crippen molar-refractivity contribution in [2.45, 2.75) is 65.5 Å². The lowest BCUT2D eigenvalue weighted by Gasteiger charge is -2.19. The van der Waals surface area contributed by atoms with E-state index in [0.717, 1.165) is 48.1 Å². The van der Waals surface area contributed by atoms with E-state index in [1.165, 1.54) is 0 Å². The maximum absolute atomic E-state index is 13.2. The van der Waals surface area contributed by atoms with Gasteiger partial charge in [0.15, 0.2) is 0 Å². The van der Waals surface area contributed by atoms with Gasteiger partial charge in [-0.25, -0.2) is 4.79 Å². The standard InChI is InChI=1S/C25H31N7O/c1-5-6-7-9-20-17-32(25(2,3)4)24(33)31(20)16-18-11-13-19(14-12-18)21-10-8-15-26-22(21)23-27-29-30-28-23/h8,10-15,17H,5-7,9,16H2,1-4H3,(H,27,28,29,30). The average molecular weight is 446 g/mol. The molecule has 3 heterocycles. The zero-order chi connectivity index (χ0) is 23.4. The Morgan fingerprint density at radius 2 is 1.85 bits per heavy atom. The molecule has 1 N–H and O–H groups in total. The maximum Gasteiger partial charge on any atom is 0.329 e. The van der Waals surface area contributed by atoms with Gasteiger partial charge in [0.1, 0.15) is 5.69 Å². The zero-order valence-corrected chi connectivity index (χ0v) is 19.7. The Kier molecular flexibility index (Phi) is 6.53. The lowest BCUT2D eigenvalue weighted by molar-refractivity contribution is 0.380. The molecule has 0 atom stereocenters. The third kappa shape index (κ3) is 4.94.